The van der Waals surface area contributed by atoms with Gasteiger partial charge in [-0.15, -0.1) is 0 Å². The minimum atomic E-state index is -5.34. The summed E-state index contributed by atoms with van der Waals surface area (Å²) in [6, 6.07) is 0. The summed E-state index contributed by atoms with van der Waals surface area (Å²) in [5, 5.41) is 29.2. The first-order chi connectivity index (χ1) is 15.4. The topological polar surface area (TPSA) is 245 Å². The van der Waals surface area contributed by atoms with Gasteiger partial charge in [0.25, 0.3) is 5.56 Å². The Morgan fingerprint density at radius 2 is 1.82 bits per heavy atom. The Morgan fingerprint density at radius 3 is 2.48 bits per heavy atom. The average Bonchev–Trinajstić information content (AvgIpc) is 3.26. The number of rotatable bonds is 11. The van der Waals surface area contributed by atoms with Crippen molar-refractivity contribution in [3.05, 3.63) is 23.0 Å². The van der Waals surface area contributed by atoms with E-state index >= 15 is 0 Å². The molecule has 33 heavy (non-hydrogen) atoms. The van der Waals surface area contributed by atoms with E-state index in [1.165, 1.54) is 15.5 Å². The van der Waals surface area contributed by atoms with E-state index in [4.69, 9.17) is 24.4 Å². The SMILES string of the molecule is O=c1c2ncn([C@@H]3O[C@H](COP(=O)(O)OP(=O)(O)O)[C@@H](O)[C@H]3O)c2ncn1CCOCCO. The lowest BCUT2D eigenvalue weighted by atomic mass is 10.1. The maximum absolute atomic E-state index is 12.6. The normalized spacial score (nSPS) is 25.5. The fourth-order valence-corrected chi connectivity index (χ4v) is 4.64. The lowest BCUT2D eigenvalue weighted by Crippen LogP contribution is -2.33. The number of nitrogens with zero attached hydrogens (tertiary/aromatic N) is 4. The largest absolute Gasteiger partial charge is 0.481 e. The first kappa shape index (κ1) is 26.0. The number of phosphoric ester groups is 1. The van der Waals surface area contributed by atoms with E-state index in [1.807, 2.05) is 0 Å². The molecule has 19 heteroatoms. The number of aromatic nitrogens is 4. The summed E-state index contributed by atoms with van der Waals surface area (Å²) >= 11 is 0. The lowest BCUT2D eigenvalue weighted by molar-refractivity contribution is -0.0503. The van der Waals surface area contributed by atoms with E-state index in [2.05, 4.69) is 18.8 Å². The van der Waals surface area contributed by atoms with Crippen LogP contribution in [0.15, 0.2) is 17.4 Å². The summed E-state index contributed by atoms with van der Waals surface area (Å²) in [6.45, 7) is -0.630. The number of fused-ring (bicyclic) bond motifs is 1. The second-order valence-electron chi connectivity index (χ2n) is 6.79. The number of imidazole rings is 1. The highest BCUT2D eigenvalue weighted by molar-refractivity contribution is 7.60. The number of ether oxygens (including phenoxy) is 2. The van der Waals surface area contributed by atoms with Crippen molar-refractivity contribution >= 4 is 26.8 Å². The Balaban J connectivity index is 1.73. The zero-order valence-electron chi connectivity index (χ0n) is 16.7. The number of hydrogen-bond acceptors (Lipinski definition) is 12. The zero-order chi connectivity index (χ0) is 24.4. The highest BCUT2D eigenvalue weighted by Gasteiger charge is 2.46. The van der Waals surface area contributed by atoms with Crippen molar-refractivity contribution in [1.82, 2.24) is 19.1 Å². The van der Waals surface area contributed by atoms with Crippen LogP contribution in [0.3, 0.4) is 0 Å². The molecular weight excluding hydrogens is 494 g/mol. The number of hydrogen-bond donors (Lipinski definition) is 6. The van der Waals surface area contributed by atoms with E-state index in [1.54, 1.807) is 0 Å². The Kier molecular flexibility index (Phi) is 8.16. The number of aliphatic hydroxyl groups excluding tert-OH is 3. The van der Waals surface area contributed by atoms with Crippen LogP contribution in [-0.2, 0) is 34.0 Å². The highest BCUT2D eigenvalue weighted by atomic mass is 31.3. The fourth-order valence-electron chi connectivity index (χ4n) is 3.04. The summed E-state index contributed by atoms with van der Waals surface area (Å²) in [4.78, 5) is 47.2. The number of aliphatic hydroxyl groups is 3. The molecule has 0 aromatic carbocycles. The predicted molar refractivity (Wildman–Crippen MR) is 105 cm³/mol. The van der Waals surface area contributed by atoms with Crippen LogP contribution in [0.25, 0.3) is 11.2 Å². The lowest BCUT2D eigenvalue weighted by Gasteiger charge is -2.17. The van der Waals surface area contributed by atoms with Crippen molar-refractivity contribution in [2.45, 2.75) is 31.1 Å². The van der Waals surface area contributed by atoms with Crippen molar-refractivity contribution in [2.24, 2.45) is 0 Å². The van der Waals surface area contributed by atoms with Crippen LogP contribution in [0.5, 0.6) is 0 Å². The standard InChI is InChI=1S/C14H22N4O13P2/c19-2-4-28-3-1-17-6-16-12-9(13(17)22)15-7-18(12)14-11(21)10(20)8(30-14)5-29-33(26,27)31-32(23,24)25/h6-8,10-11,14,19-21H,1-5H2,(H,26,27)(H2,23,24,25)/t8-,10-,11-,14-/m1/s1. The van der Waals surface area contributed by atoms with Gasteiger partial charge in [-0.3, -0.25) is 18.5 Å². The van der Waals surface area contributed by atoms with Gasteiger partial charge in [-0.2, -0.15) is 4.31 Å². The van der Waals surface area contributed by atoms with Crippen LogP contribution in [0.2, 0.25) is 0 Å². The van der Waals surface area contributed by atoms with Gasteiger partial charge < -0.3 is 39.5 Å². The van der Waals surface area contributed by atoms with Gasteiger partial charge in [-0.25, -0.2) is 19.1 Å². The minimum absolute atomic E-state index is 0.0167. The molecule has 3 rings (SSSR count). The minimum Gasteiger partial charge on any atom is -0.394 e. The summed E-state index contributed by atoms with van der Waals surface area (Å²) < 4.78 is 43.3. The molecule has 1 aliphatic rings. The molecule has 2 aromatic heterocycles. The molecule has 0 saturated carbocycles. The smallest absolute Gasteiger partial charge is 0.394 e. The monoisotopic (exact) mass is 516 g/mol. The van der Waals surface area contributed by atoms with Gasteiger partial charge in [0.1, 0.15) is 24.6 Å². The van der Waals surface area contributed by atoms with Crippen molar-refractivity contribution in [3.8, 4) is 0 Å². The first-order valence-electron chi connectivity index (χ1n) is 9.30. The van der Waals surface area contributed by atoms with Crippen LogP contribution in [0.1, 0.15) is 6.23 Å². The molecule has 6 N–H and O–H groups in total. The molecule has 0 amide bonds. The molecule has 17 nitrogen and oxygen atoms in total. The quantitative estimate of drug-likeness (QED) is 0.133. The fraction of sp³-hybridized carbons (Fsp3) is 0.643. The van der Waals surface area contributed by atoms with Gasteiger partial charge in [0.15, 0.2) is 17.4 Å². The molecule has 1 saturated heterocycles. The van der Waals surface area contributed by atoms with Crippen molar-refractivity contribution in [2.75, 3.05) is 26.4 Å². The van der Waals surface area contributed by atoms with Crippen molar-refractivity contribution < 1.29 is 57.4 Å². The summed E-state index contributed by atoms with van der Waals surface area (Å²) in [6.07, 6.45) is -3.63. The predicted octanol–water partition coefficient (Wildman–Crippen LogP) is -2.55. The molecule has 1 fully saturated rings. The molecule has 0 radical (unpaired) electrons. The summed E-state index contributed by atoms with van der Waals surface area (Å²) in [5.74, 6) is 0. The molecule has 0 spiro atoms. The van der Waals surface area contributed by atoms with Crippen molar-refractivity contribution in [3.63, 3.8) is 0 Å². The van der Waals surface area contributed by atoms with Gasteiger partial charge in [0, 0.05) is 0 Å². The maximum Gasteiger partial charge on any atom is 0.481 e. The molecular formula is C14H22N4O13P2. The van der Waals surface area contributed by atoms with E-state index in [-0.39, 0.29) is 37.5 Å². The van der Waals surface area contributed by atoms with Crippen molar-refractivity contribution in [1.29, 1.82) is 0 Å². The summed E-state index contributed by atoms with van der Waals surface area (Å²) in [5.41, 5.74) is -0.572. The molecule has 1 unspecified atom stereocenters. The number of phosphoric acid groups is 2. The van der Waals surface area contributed by atoms with E-state index in [0.717, 1.165) is 6.33 Å². The Hall–Kier alpha value is -1.59. The Bertz CT molecular complexity index is 1120. The van der Waals surface area contributed by atoms with Gasteiger partial charge in [0.2, 0.25) is 0 Å². The maximum atomic E-state index is 12.6. The third-order valence-electron chi connectivity index (χ3n) is 4.49. The van der Waals surface area contributed by atoms with Gasteiger partial charge in [0.05, 0.1) is 39.3 Å². The second kappa shape index (κ2) is 10.4. The van der Waals surface area contributed by atoms with Crippen LogP contribution in [0.4, 0.5) is 0 Å². The van der Waals surface area contributed by atoms with Crippen LogP contribution in [0, 0.1) is 0 Å². The molecule has 0 aliphatic carbocycles. The average molecular weight is 516 g/mol. The third-order valence-corrected chi connectivity index (χ3v) is 6.64. The first-order valence-corrected chi connectivity index (χ1v) is 12.3. The highest BCUT2D eigenvalue weighted by Crippen LogP contribution is 2.57. The molecule has 5 atom stereocenters. The molecule has 3 heterocycles. The van der Waals surface area contributed by atoms with Gasteiger partial charge in [-0.05, 0) is 0 Å². The third kappa shape index (κ3) is 6.30. The zero-order valence-corrected chi connectivity index (χ0v) is 18.5. The summed E-state index contributed by atoms with van der Waals surface area (Å²) in [7, 11) is -10.5. The molecule has 186 valence electrons. The van der Waals surface area contributed by atoms with E-state index in [0.29, 0.717) is 0 Å². The second-order valence-corrected chi connectivity index (χ2v) is 9.62. The van der Waals surface area contributed by atoms with E-state index in [9.17, 15) is 29.0 Å². The molecule has 1 aliphatic heterocycles. The van der Waals surface area contributed by atoms with Crippen LogP contribution >= 0.6 is 15.6 Å². The van der Waals surface area contributed by atoms with Crippen LogP contribution < -0.4 is 5.56 Å². The van der Waals surface area contributed by atoms with Gasteiger partial charge >= 0.3 is 15.6 Å². The van der Waals surface area contributed by atoms with Crippen LogP contribution in [-0.4, -0.2) is 93.8 Å². The van der Waals surface area contributed by atoms with E-state index < -0.39 is 52.4 Å². The van der Waals surface area contributed by atoms with Gasteiger partial charge in [-0.1, -0.05) is 0 Å². The molecule has 0 bridgehead atoms. The Morgan fingerprint density at radius 1 is 1.09 bits per heavy atom. The molecule has 2 aromatic rings. The Labute approximate surface area is 184 Å².